The molecule has 0 spiro atoms. The Balaban J connectivity index is 2.00. The molecular formula is C10H18N4O3S. The number of rotatable bonds is 4. The van der Waals surface area contributed by atoms with Crippen molar-refractivity contribution in [1.82, 2.24) is 19.5 Å². The van der Waals surface area contributed by atoms with Crippen LogP contribution >= 0.6 is 0 Å². The van der Waals surface area contributed by atoms with Gasteiger partial charge in [-0.3, -0.25) is 0 Å². The van der Waals surface area contributed by atoms with Crippen molar-refractivity contribution in [2.45, 2.75) is 20.4 Å². The van der Waals surface area contributed by atoms with Crippen molar-refractivity contribution in [2.75, 3.05) is 26.2 Å². The lowest BCUT2D eigenvalue weighted by atomic mass is 10.2. The molecule has 18 heavy (non-hydrogen) atoms. The summed E-state index contributed by atoms with van der Waals surface area (Å²) in [6.45, 7) is 6.15. The molecule has 2 rings (SSSR count). The first-order valence-electron chi connectivity index (χ1n) is 5.88. The molecule has 0 bridgehead atoms. The minimum Gasteiger partial charge on any atom is -0.361 e. The molecule has 0 unspecified atom stereocenters. The molecular weight excluding hydrogens is 256 g/mol. The molecule has 1 aromatic heterocycles. The van der Waals surface area contributed by atoms with Crippen LogP contribution in [0.15, 0.2) is 4.52 Å². The van der Waals surface area contributed by atoms with E-state index in [1.165, 1.54) is 4.31 Å². The lowest BCUT2D eigenvalue weighted by Crippen LogP contribution is -2.50. The van der Waals surface area contributed by atoms with Gasteiger partial charge in [-0.15, -0.1) is 0 Å². The third-order valence-electron chi connectivity index (χ3n) is 3.03. The number of nitrogens with one attached hydrogen (secondary N) is 2. The molecule has 0 atom stereocenters. The van der Waals surface area contributed by atoms with Crippen LogP contribution in [0.1, 0.15) is 17.0 Å². The fourth-order valence-electron chi connectivity index (χ4n) is 1.89. The van der Waals surface area contributed by atoms with Crippen LogP contribution in [0.4, 0.5) is 0 Å². The second kappa shape index (κ2) is 5.35. The van der Waals surface area contributed by atoms with E-state index in [2.05, 4.69) is 15.2 Å². The maximum atomic E-state index is 12.0. The molecule has 2 N–H and O–H groups in total. The fraction of sp³-hybridized carbons (Fsp3) is 0.700. The molecule has 1 aliphatic rings. The van der Waals surface area contributed by atoms with E-state index in [-0.39, 0.29) is 6.54 Å². The summed E-state index contributed by atoms with van der Waals surface area (Å²) in [5, 5.41) is 6.91. The fourth-order valence-corrected chi connectivity index (χ4v) is 3.07. The molecule has 0 amide bonds. The van der Waals surface area contributed by atoms with E-state index in [0.29, 0.717) is 31.9 Å². The first-order chi connectivity index (χ1) is 8.50. The Bertz CT molecular complexity index is 486. The highest BCUT2D eigenvalue weighted by molar-refractivity contribution is 7.87. The molecule has 102 valence electrons. The van der Waals surface area contributed by atoms with Crippen molar-refractivity contribution in [2.24, 2.45) is 0 Å². The van der Waals surface area contributed by atoms with Crippen molar-refractivity contribution in [3.05, 3.63) is 17.0 Å². The third-order valence-corrected chi connectivity index (χ3v) is 4.58. The molecule has 7 nitrogen and oxygen atoms in total. The van der Waals surface area contributed by atoms with E-state index in [0.717, 1.165) is 11.3 Å². The van der Waals surface area contributed by atoms with Gasteiger partial charge < -0.3 is 9.84 Å². The van der Waals surface area contributed by atoms with E-state index < -0.39 is 10.2 Å². The van der Waals surface area contributed by atoms with Gasteiger partial charge in [0.2, 0.25) is 0 Å². The van der Waals surface area contributed by atoms with Crippen molar-refractivity contribution in [3.8, 4) is 0 Å². The summed E-state index contributed by atoms with van der Waals surface area (Å²) in [4.78, 5) is 0. The Hall–Kier alpha value is -0.960. The third kappa shape index (κ3) is 2.89. The van der Waals surface area contributed by atoms with Crippen LogP contribution in [0.25, 0.3) is 0 Å². The Morgan fingerprint density at radius 2 is 2.06 bits per heavy atom. The Kier molecular flexibility index (Phi) is 4.00. The van der Waals surface area contributed by atoms with Crippen molar-refractivity contribution < 1.29 is 12.9 Å². The number of nitrogens with zero attached hydrogens (tertiary/aromatic N) is 2. The number of hydrogen-bond donors (Lipinski definition) is 2. The number of aromatic nitrogens is 1. The highest BCUT2D eigenvalue weighted by atomic mass is 32.2. The van der Waals surface area contributed by atoms with Crippen molar-refractivity contribution >= 4 is 10.2 Å². The van der Waals surface area contributed by atoms with Gasteiger partial charge in [0.05, 0.1) is 5.69 Å². The van der Waals surface area contributed by atoms with Crippen LogP contribution < -0.4 is 10.0 Å². The summed E-state index contributed by atoms with van der Waals surface area (Å²) in [5.41, 5.74) is 1.52. The largest absolute Gasteiger partial charge is 0.361 e. The second-order valence-corrected chi connectivity index (χ2v) is 6.03. The number of aryl methyl sites for hydroxylation is 2. The van der Waals surface area contributed by atoms with Gasteiger partial charge in [-0.25, -0.2) is 0 Å². The van der Waals surface area contributed by atoms with Gasteiger partial charge in [-0.1, -0.05) is 5.16 Å². The lowest BCUT2D eigenvalue weighted by Gasteiger charge is -2.26. The molecule has 0 radical (unpaired) electrons. The molecule has 1 aromatic rings. The zero-order chi connectivity index (χ0) is 13.2. The van der Waals surface area contributed by atoms with Crippen LogP contribution in [-0.2, 0) is 16.8 Å². The average Bonchev–Trinajstić information content (AvgIpc) is 2.68. The monoisotopic (exact) mass is 274 g/mol. The average molecular weight is 274 g/mol. The van der Waals surface area contributed by atoms with E-state index in [9.17, 15) is 8.42 Å². The highest BCUT2D eigenvalue weighted by Crippen LogP contribution is 2.12. The van der Waals surface area contributed by atoms with Gasteiger partial charge in [-0.2, -0.15) is 17.4 Å². The normalized spacial score (nSPS) is 18.1. The van der Waals surface area contributed by atoms with Crippen molar-refractivity contribution in [1.29, 1.82) is 0 Å². The minimum atomic E-state index is -3.42. The smallest absolute Gasteiger partial charge is 0.279 e. The van der Waals surface area contributed by atoms with Gasteiger partial charge in [0, 0.05) is 38.3 Å². The predicted molar refractivity (Wildman–Crippen MR) is 66.2 cm³/mol. The first-order valence-corrected chi connectivity index (χ1v) is 7.32. The maximum Gasteiger partial charge on any atom is 0.279 e. The number of hydrogen-bond acceptors (Lipinski definition) is 5. The molecule has 8 heteroatoms. The van der Waals surface area contributed by atoms with Crippen LogP contribution in [0, 0.1) is 13.8 Å². The van der Waals surface area contributed by atoms with Crippen LogP contribution in [0.3, 0.4) is 0 Å². The molecule has 1 saturated heterocycles. The van der Waals surface area contributed by atoms with Gasteiger partial charge in [0.15, 0.2) is 0 Å². The molecule has 1 fully saturated rings. The van der Waals surface area contributed by atoms with Crippen LogP contribution in [0.5, 0.6) is 0 Å². The summed E-state index contributed by atoms with van der Waals surface area (Å²) >= 11 is 0. The predicted octanol–water partition coefficient (Wildman–Crippen LogP) is -0.469. The Morgan fingerprint density at radius 1 is 1.39 bits per heavy atom. The standard InChI is InChI=1S/C10H18N4O3S/c1-8-10(9(2)17-13-8)7-12-18(15,16)14-5-3-11-4-6-14/h11-12H,3-7H2,1-2H3. The number of piperazine rings is 1. The zero-order valence-corrected chi connectivity index (χ0v) is 11.4. The Morgan fingerprint density at radius 3 is 2.61 bits per heavy atom. The van der Waals surface area contributed by atoms with Gasteiger partial charge in [0.25, 0.3) is 10.2 Å². The Labute approximate surface area is 107 Å². The molecule has 0 aliphatic carbocycles. The summed E-state index contributed by atoms with van der Waals surface area (Å²) < 4.78 is 33.1. The van der Waals surface area contributed by atoms with Gasteiger partial charge >= 0.3 is 0 Å². The van der Waals surface area contributed by atoms with Crippen LogP contribution in [-0.4, -0.2) is 44.1 Å². The SMILES string of the molecule is Cc1noc(C)c1CNS(=O)(=O)N1CCNCC1. The zero-order valence-electron chi connectivity index (χ0n) is 10.6. The quantitative estimate of drug-likeness (QED) is 0.775. The lowest BCUT2D eigenvalue weighted by molar-refractivity contribution is 0.354. The van der Waals surface area contributed by atoms with Gasteiger partial charge in [-0.05, 0) is 13.8 Å². The van der Waals surface area contributed by atoms with Crippen molar-refractivity contribution in [3.63, 3.8) is 0 Å². The molecule has 0 saturated carbocycles. The molecule has 1 aliphatic heterocycles. The van der Waals surface area contributed by atoms with Crippen LogP contribution in [0.2, 0.25) is 0 Å². The summed E-state index contributed by atoms with van der Waals surface area (Å²) in [6, 6.07) is 0. The van der Waals surface area contributed by atoms with Gasteiger partial charge in [0.1, 0.15) is 5.76 Å². The maximum absolute atomic E-state index is 12.0. The highest BCUT2D eigenvalue weighted by Gasteiger charge is 2.24. The summed E-state index contributed by atoms with van der Waals surface area (Å²) in [6.07, 6.45) is 0. The van der Waals surface area contributed by atoms with E-state index in [4.69, 9.17) is 4.52 Å². The van der Waals surface area contributed by atoms with E-state index >= 15 is 0 Å². The molecule has 0 aromatic carbocycles. The van der Waals surface area contributed by atoms with E-state index in [1.54, 1.807) is 13.8 Å². The second-order valence-electron chi connectivity index (χ2n) is 4.28. The first kappa shape index (κ1) is 13.5. The topological polar surface area (TPSA) is 87.5 Å². The van der Waals surface area contributed by atoms with E-state index in [1.807, 2.05) is 0 Å². The minimum absolute atomic E-state index is 0.216. The summed E-state index contributed by atoms with van der Waals surface area (Å²) in [7, 11) is -3.42. The molecule has 2 heterocycles. The summed E-state index contributed by atoms with van der Waals surface area (Å²) in [5.74, 6) is 0.649.